The number of sulfonamides is 1. The number of carbonyl (C=O) groups is 2. The number of aromatic amines is 1. The SMILES string of the molecule is CCS(=O)(=O)N1CCC(c2c[nH]c3c(C(N)=O)cc(S(=O)(=O)c4ccc(NC(C)=O)cc4)cc23)CC1. The predicted octanol–water partition coefficient (Wildman–Crippen LogP) is 2.59. The highest BCUT2D eigenvalue weighted by Gasteiger charge is 2.30. The molecule has 0 atom stereocenters. The number of sulfone groups is 1. The molecule has 2 heterocycles. The molecule has 0 spiro atoms. The van der Waals surface area contributed by atoms with Crippen LogP contribution < -0.4 is 11.1 Å². The number of primary amides is 1. The van der Waals surface area contributed by atoms with E-state index in [1.54, 1.807) is 13.1 Å². The molecule has 0 aliphatic carbocycles. The molecule has 0 unspecified atom stereocenters. The lowest BCUT2D eigenvalue weighted by Crippen LogP contribution is -2.38. The minimum absolute atomic E-state index is 0.00142. The summed E-state index contributed by atoms with van der Waals surface area (Å²) in [6, 6.07) is 8.54. The van der Waals surface area contributed by atoms with Crippen molar-refractivity contribution in [1.29, 1.82) is 0 Å². The van der Waals surface area contributed by atoms with E-state index in [9.17, 15) is 26.4 Å². The van der Waals surface area contributed by atoms with Crippen molar-refractivity contribution >= 4 is 48.3 Å². The minimum Gasteiger partial charge on any atom is -0.366 e. The molecule has 4 N–H and O–H groups in total. The normalized spacial score (nSPS) is 15.7. The van der Waals surface area contributed by atoms with E-state index in [1.807, 2.05) is 0 Å². The van der Waals surface area contributed by atoms with Crippen LogP contribution in [0, 0.1) is 0 Å². The molecule has 192 valence electrons. The number of amides is 2. The summed E-state index contributed by atoms with van der Waals surface area (Å²) in [5, 5.41) is 3.15. The number of fused-ring (bicyclic) bond motifs is 1. The molecule has 0 saturated carbocycles. The minimum atomic E-state index is -4.01. The molecule has 1 fully saturated rings. The van der Waals surface area contributed by atoms with Gasteiger partial charge in [0.15, 0.2) is 0 Å². The maximum Gasteiger partial charge on any atom is 0.250 e. The molecule has 2 aromatic carbocycles. The Kier molecular flexibility index (Phi) is 6.95. The Morgan fingerprint density at radius 2 is 1.69 bits per heavy atom. The van der Waals surface area contributed by atoms with Crippen molar-refractivity contribution in [1.82, 2.24) is 9.29 Å². The molecule has 0 bridgehead atoms. The number of piperidine rings is 1. The number of nitrogens with one attached hydrogen (secondary N) is 2. The van der Waals surface area contributed by atoms with Crippen molar-refractivity contribution < 1.29 is 26.4 Å². The molecule has 2 amide bonds. The van der Waals surface area contributed by atoms with Crippen molar-refractivity contribution in [3.05, 3.63) is 53.7 Å². The predicted molar refractivity (Wildman–Crippen MR) is 136 cm³/mol. The number of carbonyl (C=O) groups excluding carboxylic acids is 2. The molecule has 0 radical (unpaired) electrons. The first kappa shape index (κ1) is 25.9. The zero-order valence-electron chi connectivity index (χ0n) is 19.9. The van der Waals surface area contributed by atoms with E-state index in [-0.39, 0.29) is 32.9 Å². The summed E-state index contributed by atoms with van der Waals surface area (Å²) in [6.45, 7) is 3.71. The Morgan fingerprint density at radius 3 is 2.25 bits per heavy atom. The van der Waals surface area contributed by atoms with Crippen molar-refractivity contribution in [2.24, 2.45) is 5.73 Å². The van der Waals surface area contributed by atoms with Gasteiger partial charge in [-0.05, 0) is 67.6 Å². The van der Waals surface area contributed by atoms with Crippen LogP contribution in [-0.4, -0.2) is 56.8 Å². The lowest BCUT2D eigenvalue weighted by Gasteiger charge is -2.31. The van der Waals surface area contributed by atoms with Crippen molar-refractivity contribution in [2.75, 3.05) is 24.2 Å². The molecule has 4 rings (SSSR count). The highest BCUT2D eigenvalue weighted by atomic mass is 32.2. The first-order chi connectivity index (χ1) is 16.9. The molecule has 3 aromatic rings. The van der Waals surface area contributed by atoms with Crippen LogP contribution in [0.25, 0.3) is 10.9 Å². The zero-order valence-corrected chi connectivity index (χ0v) is 21.6. The molecule has 36 heavy (non-hydrogen) atoms. The van der Waals surface area contributed by atoms with Gasteiger partial charge in [-0.3, -0.25) is 9.59 Å². The van der Waals surface area contributed by atoms with Gasteiger partial charge in [0.1, 0.15) is 0 Å². The standard InChI is InChI=1S/C24H28N4O6S2/c1-3-35(31,32)28-10-8-16(9-11-28)22-14-26-23-20(22)12-19(13-21(23)24(25)30)36(33,34)18-6-4-17(5-7-18)27-15(2)29/h4-7,12-14,16,26H,3,8-11H2,1-2H3,(H2,25,30)(H,27,29). The summed E-state index contributed by atoms with van der Waals surface area (Å²) in [7, 11) is -7.29. The lowest BCUT2D eigenvalue weighted by atomic mass is 9.89. The van der Waals surface area contributed by atoms with Crippen LogP contribution in [0.15, 0.2) is 52.4 Å². The average molecular weight is 533 g/mol. The van der Waals surface area contributed by atoms with Gasteiger partial charge in [0, 0.05) is 37.3 Å². The summed E-state index contributed by atoms with van der Waals surface area (Å²) < 4.78 is 52.8. The fraction of sp³-hybridized carbons (Fsp3) is 0.333. The number of anilines is 1. The third kappa shape index (κ3) is 4.88. The number of hydrogen-bond donors (Lipinski definition) is 3. The summed E-state index contributed by atoms with van der Waals surface area (Å²) in [4.78, 5) is 26.5. The second-order valence-corrected chi connectivity index (χ2v) is 13.0. The van der Waals surface area contributed by atoms with Crippen LogP contribution in [0.1, 0.15) is 48.5 Å². The zero-order chi connectivity index (χ0) is 26.3. The monoisotopic (exact) mass is 532 g/mol. The van der Waals surface area contributed by atoms with Gasteiger partial charge in [0.2, 0.25) is 25.8 Å². The smallest absolute Gasteiger partial charge is 0.250 e. The number of benzene rings is 2. The number of nitrogens with two attached hydrogens (primary N) is 1. The summed E-state index contributed by atoms with van der Waals surface area (Å²) in [5.74, 6) is -1.02. The number of H-pyrrole nitrogens is 1. The van der Waals surface area contributed by atoms with E-state index in [0.29, 0.717) is 42.5 Å². The third-order valence-corrected chi connectivity index (χ3v) is 10.1. The number of nitrogens with zero attached hydrogens (tertiary/aromatic N) is 1. The van der Waals surface area contributed by atoms with Gasteiger partial charge in [-0.15, -0.1) is 0 Å². The van der Waals surface area contributed by atoms with Crippen molar-refractivity contribution in [3.8, 4) is 0 Å². The first-order valence-corrected chi connectivity index (χ1v) is 14.6. The van der Waals surface area contributed by atoms with Crippen LogP contribution in [0.4, 0.5) is 5.69 Å². The van der Waals surface area contributed by atoms with Gasteiger partial charge in [-0.25, -0.2) is 21.1 Å². The fourth-order valence-corrected chi connectivity index (χ4v) is 7.04. The van der Waals surface area contributed by atoms with Gasteiger partial charge >= 0.3 is 0 Å². The highest BCUT2D eigenvalue weighted by molar-refractivity contribution is 7.91. The van der Waals surface area contributed by atoms with Crippen LogP contribution in [-0.2, 0) is 24.7 Å². The molecular weight excluding hydrogens is 504 g/mol. The first-order valence-electron chi connectivity index (χ1n) is 11.5. The van der Waals surface area contributed by atoms with Crippen LogP contribution in [0.2, 0.25) is 0 Å². The molecule has 1 aromatic heterocycles. The maximum absolute atomic E-state index is 13.5. The van der Waals surface area contributed by atoms with Gasteiger partial charge < -0.3 is 16.0 Å². The largest absolute Gasteiger partial charge is 0.366 e. The topological polar surface area (TPSA) is 159 Å². The van der Waals surface area contributed by atoms with E-state index < -0.39 is 25.8 Å². The van der Waals surface area contributed by atoms with Crippen LogP contribution in [0.3, 0.4) is 0 Å². The van der Waals surface area contributed by atoms with Gasteiger partial charge in [0.25, 0.3) is 5.91 Å². The van der Waals surface area contributed by atoms with Crippen molar-refractivity contribution in [2.45, 2.75) is 42.4 Å². The van der Waals surface area contributed by atoms with E-state index in [4.69, 9.17) is 5.73 Å². The van der Waals surface area contributed by atoms with Crippen LogP contribution >= 0.6 is 0 Å². The summed E-state index contributed by atoms with van der Waals surface area (Å²) in [5.41, 5.74) is 7.37. The van der Waals surface area contributed by atoms with E-state index >= 15 is 0 Å². The van der Waals surface area contributed by atoms with E-state index in [1.165, 1.54) is 47.6 Å². The van der Waals surface area contributed by atoms with Crippen LogP contribution in [0.5, 0.6) is 0 Å². The van der Waals surface area contributed by atoms with E-state index in [2.05, 4.69) is 10.3 Å². The second kappa shape index (κ2) is 9.68. The molecule has 1 aliphatic rings. The fourth-order valence-electron chi connectivity index (χ4n) is 4.60. The Balaban J connectivity index is 1.73. The lowest BCUT2D eigenvalue weighted by molar-refractivity contribution is -0.114. The van der Waals surface area contributed by atoms with Gasteiger partial charge in [-0.1, -0.05) is 0 Å². The van der Waals surface area contributed by atoms with Crippen molar-refractivity contribution in [3.63, 3.8) is 0 Å². The number of hydrogen-bond acceptors (Lipinski definition) is 6. The quantitative estimate of drug-likeness (QED) is 0.424. The Bertz CT molecular complexity index is 1540. The molecule has 10 nitrogen and oxygen atoms in total. The van der Waals surface area contributed by atoms with Gasteiger partial charge in [0.05, 0.1) is 26.6 Å². The molecule has 12 heteroatoms. The average Bonchev–Trinajstić information content (AvgIpc) is 3.27. The number of rotatable bonds is 7. The summed E-state index contributed by atoms with van der Waals surface area (Å²) >= 11 is 0. The molecule has 1 saturated heterocycles. The summed E-state index contributed by atoms with van der Waals surface area (Å²) in [6.07, 6.45) is 2.88. The Morgan fingerprint density at radius 1 is 1.06 bits per heavy atom. The third-order valence-electron chi connectivity index (χ3n) is 6.51. The maximum atomic E-state index is 13.5. The molecule has 1 aliphatic heterocycles. The molecular formula is C24H28N4O6S2. The Labute approximate surface area is 209 Å². The number of aromatic nitrogens is 1. The highest BCUT2D eigenvalue weighted by Crippen LogP contribution is 2.37. The van der Waals surface area contributed by atoms with E-state index in [0.717, 1.165) is 5.56 Å². The Hall–Kier alpha value is -3.22. The van der Waals surface area contributed by atoms with Gasteiger partial charge in [-0.2, -0.15) is 0 Å². The second-order valence-electron chi connectivity index (χ2n) is 8.78.